The molecule has 0 saturated heterocycles. The fourth-order valence-electron chi connectivity index (χ4n) is 3.66. The van der Waals surface area contributed by atoms with E-state index in [2.05, 4.69) is 15.5 Å². The molecule has 2 rings (SSSR count). The minimum atomic E-state index is -1.54. The normalized spacial score (nSPS) is 11.9. The molecular formula is C26H38ClN5O4S. The first-order chi connectivity index (χ1) is 17.4. The number of aryl methyl sites for hydroxylation is 2. The number of ether oxygens (including phenoxy) is 1. The van der Waals surface area contributed by atoms with E-state index in [1.54, 1.807) is 21.2 Å². The molecule has 2 aromatic rings. The van der Waals surface area contributed by atoms with Gasteiger partial charge in [-0.1, -0.05) is 17.7 Å². The van der Waals surface area contributed by atoms with Gasteiger partial charge in [0.1, 0.15) is 16.7 Å². The summed E-state index contributed by atoms with van der Waals surface area (Å²) in [4.78, 5) is 29.3. The summed E-state index contributed by atoms with van der Waals surface area (Å²) in [7, 11) is 7.33. The van der Waals surface area contributed by atoms with Crippen molar-refractivity contribution in [2.24, 2.45) is 0 Å². The minimum absolute atomic E-state index is 0.119. The van der Waals surface area contributed by atoms with E-state index in [0.29, 0.717) is 22.2 Å². The van der Waals surface area contributed by atoms with Crippen LogP contribution in [0.4, 0.5) is 5.69 Å². The molecule has 1 atom stereocenters. The third kappa shape index (κ3) is 9.30. The summed E-state index contributed by atoms with van der Waals surface area (Å²) in [6, 6.07) is 9.26. The molecule has 2 N–H and O–H groups in total. The number of halogens is 1. The van der Waals surface area contributed by atoms with E-state index in [-0.39, 0.29) is 19.0 Å². The van der Waals surface area contributed by atoms with Gasteiger partial charge in [-0.15, -0.1) is 0 Å². The van der Waals surface area contributed by atoms with Crippen LogP contribution < -0.4 is 15.4 Å². The van der Waals surface area contributed by atoms with Gasteiger partial charge in [0, 0.05) is 33.7 Å². The number of carbonyl (C=O) groups excluding carboxylic acids is 2. The molecule has 9 nitrogen and oxygen atoms in total. The van der Waals surface area contributed by atoms with Crippen LogP contribution in [0.2, 0.25) is 5.02 Å². The number of hydrogen-bond donors (Lipinski definition) is 2. The van der Waals surface area contributed by atoms with Crippen LogP contribution in [0, 0.1) is 13.8 Å². The van der Waals surface area contributed by atoms with Crippen LogP contribution in [-0.2, 0) is 27.1 Å². The van der Waals surface area contributed by atoms with Gasteiger partial charge in [-0.05, 0) is 68.9 Å². The van der Waals surface area contributed by atoms with Gasteiger partial charge < -0.3 is 25.2 Å². The van der Waals surface area contributed by atoms with Gasteiger partial charge in [-0.2, -0.15) is 0 Å². The lowest BCUT2D eigenvalue weighted by Gasteiger charge is -2.20. The van der Waals surface area contributed by atoms with E-state index in [0.717, 1.165) is 35.5 Å². The average Bonchev–Trinajstić information content (AvgIpc) is 2.82. The number of carbonyl (C=O) groups is 2. The molecule has 0 aliphatic rings. The Kier molecular flexibility index (Phi) is 11.8. The number of nitrogens with one attached hydrogen (secondary N) is 2. The predicted molar refractivity (Wildman–Crippen MR) is 149 cm³/mol. The molecule has 0 saturated carbocycles. The van der Waals surface area contributed by atoms with Gasteiger partial charge in [0.25, 0.3) is 0 Å². The minimum Gasteiger partial charge on any atom is -0.497 e. The van der Waals surface area contributed by atoms with E-state index < -0.39 is 16.9 Å². The summed E-state index contributed by atoms with van der Waals surface area (Å²) >= 11 is 6.39. The zero-order chi connectivity index (χ0) is 27.7. The number of nitrogens with zero attached hydrogens (tertiary/aromatic N) is 3. The summed E-state index contributed by atoms with van der Waals surface area (Å²) in [6.45, 7) is 5.44. The quantitative estimate of drug-likeness (QED) is 0.397. The number of anilines is 1. The number of methoxy groups -OCH3 is 1. The topological polar surface area (TPSA) is 94.2 Å². The lowest BCUT2D eigenvalue weighted by Crippen LogP contribution is -2.42. The second-order valence-electron chi connectivity index (χ2n) is 9.20. The van der Waals surface area contributed by atoms with Gasteiger partial charge in [0.05, 0.1) is 35.8 Å². The zero-order valence-electron chi connectivity index (χ0n) is 22.7. The summed E-state index contributed by atoms with van der Waals surface area (Å²) in [5.41, 5.74) is 3.36. The largest absolute Gasteiger partial charge is 0.497 e. The maximum atomic E-state index is 13.0. The van der Waals surface area contributed by atoms with E-state index >= 15 is 0 Å². The highest BCUT2D eigenvalue weighted by molar-refractivity contribution is 7.82. The molecule has 0 fully saturated rings. The SMILES string of the molecule is COc1cc(C)c(S(=O)N(C)CC(=O)NCC(=O)N(C)Cc2ccc(NCCN(C)C)c(Cl)c2)c(C)c1. The van der Waals surface area contributed by atoms with Crippen LogP contribution in [-0.4, -0.2) is 91.6 Å². The molecule has 1 unspecified atom stereocenters. The van der Waals surface area contributed by atoms with Crippen LogP contribution in [0.5, 0.6) is 5.75 Å². The maximum Gasteiger partial charge on any atom is 0.242 e. The third-order valence-corrected chi connectivity index (χ3v) is 7.68. The van der Waals surface area contributed by atoms with Gasteiger partial charge in [0.2, 0.25) is 11.8 Å². The van der Waals surface area contributed by atoms with Crippen molar-refractivity contribution in [3.05, 3.63) is 52.0 Å². The van der Waals surface area contributed by atoms with Crippen LogP contribution in [0.1, 0.15) is 16.7 Å². The highest BCUT2D eigenvalue weighted by atomic mass is 35.5. The molecule has 37 heavy (non-hydrogen) atoms. The van der Waals surface area contributed by atoms with Crippen molar-refractivity contribution in [1.82, 2.24) is 19.4 Å². The predicted octanol–water partition coefficient (Wildman–Crippen LogP) is 2.67. The summed E-state index contributed by atoms with van der Waals surface area (Å²) in [5, 5.41) is 6.50. The van der Waals surface area contributed by atoms with E-state index in [4.69, 9.17) is 16.3 Å². The lowest BCUT2D eigenvalue weighted by molar-refractivity contribution is -0.132. The third-order valence-electron chi connectivity index (χ3n) is 5.68. The van der Waals surface area contributed by atoms with Gasteiger partial charge in [0.15, 0.2) is 0 Å². The van der Waals surface area contributed by atoms with Crippen molar-refractivity contribution in [3.8, 4) is 5.75 Å². The Hall–Kier alpha value is -2.66. The molecule has 0 spiro atoms. The van der Waals surface area contributed by atoms with Crippen molar-refractivity contribution in [3.63, 3.8) is 0 Å². The smallest absolute Gasteiger partial charge is 0.242 e. The molecule has 0 heterocycles. The van der Waals surface area contributed by atoms with Crippen molar-refractivity contribution in [2.45, 2.75) is 25.3 Å². The van der Waals surface area contributed by atoms with Crippen molar-refractivity contribution in [1.29, 1.82) is 0 Å². The highest BCUT2D eigenvalue weighted by Crippen LogP contribution is 2.26. The molecule has 2 aromatic carbocycles. The summed E-state index contributed by atoms with van der Waals surface area (Å²) < 4.78 is 19.7. The second kappa shape index (κ2) is 14.3. The lowest BCUT2D eigenvalue weighted by atomic mass is 10.1. The Morgan fingerprint density at radius 2 is 1.70 bits per heavy atom. The molecule has 0 aromatic heterocycles. The number of hydrogen-bond acceptors (Lipinski definition) is 6. The first kappa shape index (κ1) is 30.6. The van der Waals surface area contributed by atoms with Crippen LogP contribution in [0.3, 0.4) is 0 Å². The van der Waals surface area contributed by atoms with Gasteiger partial charge >= 0.3 is 0 Å². The Morgan fingerprint density at radius 1 is 1.05 bits per heavy atom. The van der Waals surface area contributed by atoms with Crippen LogP contribution in [0.15, 0.2) is 35.2 Å². The monoisotopic (exact) mass is 551 g/mol. The van der Waals surface area contributed by atoms with Crippen LogP contribution >= 0.6 is 11.6 Å². The van der Waals surface area contributed by atoms with Crippen molar-refractivity contribution < 1.29 is 18.5 Å². The fraction of sp³-hybridized carbons (Fsp3) is 0.462. The van der Waals surface area contributed by atoms with Crippen LogP contribution in [0.25, 0.3) is 0 Å². The van der Waals surface area contributed by atoms with Gasteiger partial charge in [-0.3, -0.25) is 9.59 Å². The second-order valence-corrected chi connectivity index (χ2v) is 11.1. The first-order valence-electron chi connectivity index (χ1n) is 11.9. The molecule has 2 amide bonds. The highest BCUT2D eigenvalue weighted by Gasteiger charge is 2.20. The Bertz CT molecular complexity index is 1110. The summed E-state index contributed by atoms with van der Waals surface area (Å²) in [6.07, 6.45) is 0. The molecule has 0 aliphatic heterocycles. The first-order valence-corrected chi connectivity index (χ1v) is 13.4. The zero-order valence-corrected chi connectivity index (χ0v) is 24.3. The van der Waals surface area contributed by atoms with E-state index in [1.165, 1.54) is 9.21 Å². The molecule has 11 heteroatoms. The molecular weight excluding hydrogens is 514 g/mol. The maximum absolute atomic E-state index is 13.0. The van der Waals surface area contributed by atoms with Crippen molar-refractivity contribution >= 4 is 40.1 Å². The Balaban J connectivity index is 1.86. The molecule has 0 bridgehead atoms. The van der Waals surface area contributed by atoms with Gasteiger partial charge in [-0.25, -0.2) is 8.51 Å². The number of amides is 2. The Morgan fingerprint density at radius 3 is 2.27 bits per heavy atom. The van der Waals surface area contributed by atoms with E-state index in [9.17, 15) is 13.8 Å². The number of benzene rings is 2. The van der Waals surface area contributed by atoms with E-state index in [1.807, 2.05) is 58.3 Å². The standard InChI is InChI=1S/C26H38ClN5O4S/c1-18-12-21(36-7)13-19(2)26(18)37(35)32(6)17-24(33)29-15-25(34)31(5)16-20-8-9-23(22(27)14-20)28-10-11-30(3)4/h8-9,12-14,28H,10-11,15-17H2,1-7H3,(H,29,33). The number of rotatable bonds is 13. The molecule has 0 aliphatic carbocycles. The number of likely N-dealkylation sites (N-methyl/N-ethyl adjacent to an activating group) is 3. The van der Waals surface area contributed by atoms with Crippen molar-refractivity contribution in [2.75, 3.05) is 66.8 Å². The molecule has 0 radical (unpaired) electrons. The average molecular weight is 552 g/mol. The molecule has 204 valence electrons. The summed E-state index contributed by atoms with van der Waals surface area (Å²) in [5.74, 6) is 0.0505. The fourth-order valence-corrected chi connectivity index (χ4v) is 5.15. The Labute approximate surface area is 227 Å².